The van der Waals surface area contributed by atoms with Crippen LogP contribution < -0.4 is 5.32 Å². The predicted octanol–water partition coefficient (Wildman–Crippen LogP) is 3.14. The molecule has 1 N–H and O–H groups in total. The molecule has 0 aliphatic rings. The maximum absolute atomic E-state index is 13.7. The van der Waals surface area contributed by atoms with Gasteiger partial charge in [0.25, 0.3) is 0 Å². The van der Waals surface area contributed by atoms with Crippen LogP contribution in [0.1, 0.15) is 12.5 Å². The van der Waals surface area contributed by atoms with Gasteiger partial charge in [-0.3, -0.25) is 0 Å². The second-order valence-corrected chi connectivity index (χ2v) is 5.18. The maximum Gasteiger partial charge on any atom is 0.143 e. The number of benzene rings is 1. The first-order chi connectivity index (χ1) is 8.56. The van der Waals surface area contributed by atoms with Crippen LogP contribution in [0.3, 0.4) is 0 Å². The second-order valence-electron chi connectivity index (χ2n) is 4.33. The standard InChI is InChI=1S/C13H18BrF2NO/c1-9(8-17-5-6-18-2)7-10-12(15)4-3-11(14)13(10)16/h3-4,9,17H,5-8H2,1-2H3. The van der Waals surface area contributed by atoms with Gasteiger partial charge in [-0.05, 0) is 46.9 Å². The fourth-order valence-corrected chi connectivity index (χ4v) is 2.07. The SMILES string of the molecule is COCCNCC(C)Cc1c(F)ccc(Br)c1F. The highest BCUT2D eigenvalue weighted by atomic mass is 79.9. The van der Waals surface area contributed by atoms with Gasteiger partial charge in [0.15, 0.2) is 0 Å². The summed E-state index contributed by atoms with van der Waals surface area (Å²) in [4.78, 5) is 0. The molecule has 0 aromatic heterocycles. The summed E-state index contributed by atoms with van der Waals surface area (Å²) in [6, 6.07) is 2.67. The first-order valence-electron chi connectivity index (χ1n) is 5.88. The molecule has 102 valence electrons. The Balaban J connectivity index is 2.54. The number of ether oxygens (including phenoxy) is 1. The fraction of sp³-hybridized carbons (Fsp3) is 0.538. The van der Waals surface area contributed by atoms with Crippen LogP contribution in [0.4, 0.5) is 8.78 Å². The van der Waals surface area contributed by atoms with Gasteiger partial charge >= 0.3 is 0 Å². The zero-order chi connectivity index (χ0) is 13.5. The third-order valence-corrected chi connectivity index (χ3v) is 3.28. The first kappa shape index (κ1) is 15.5. The molecule has 0 aliphatic heterocycles. The van der Waals surface area contributed by atoms with Crippen molar-refractivity contribution in [1.82, 2.24) is 5.32 Å². The Labute approximate surface area is 115 Å². The number of rotatable bonds is 7. The molecule has 0 amide bonds. The number of hydrogen-bond donors (Lipinski definition) is 1. The van der Waals surface area contributed by atoms with Crippen LogP contribution in [-0.2, 0) is 11.2 Å². The molecular formula is C13H18BrF2NO. The normalized spacial score (nSPS) is 12.7. The Hall–Kier alpha value is -0.520. The summed E-state index contributed by atoms with van der Waals surface area (Å²) in [5.41, 5.74) is 0.144. The van der Waals surface area contributed by atoms with E-state index in [0.717, 1.165) is 6.54 Å². The summed E-state index contributed by atoms with van der Waals surface area (Å²) in [6.07, 6.45) is 0.372. The lowest BCUT2D eigenvalue weighted by Gasteiger charge is -2.14. The molecule has 0 saturated heterocycles. The van der Waals surface area contributed by atoms with E-state index in [1.807, 2.05) is 6.92 Å². The highest BCUT2D eigenvalue weighted by molar-refractivity contribution is 9.10. The summed E-state index contributed by atoms with van der Waals surface area (Å²) in [7, 11) is 1.64. The second kappa shape index (κ2) is 7.81. The monoisotopic (exact) mass is 321 g/mol. The van der Waals surface area contributed by atoms with Crippen LogP contribution >= 0.6 is 15.9 Å². The molecule has 1 aromatic carbocycles. The molecule has 0 fully saturated rings. The molecule has 0 aliphatic carbocycles. The van der Waals surface area contributed by atoms with Gasteiger partial charge in [0.05, 0.1) is 11.1 Å². The lowest BCUT2D eigenvalue weighted by Crippen LogP contribution is -2.26. The number of methoxy groups -OCH3 is 1. The van der Waals surface area contributed by atoms with Crippen molar-refractivity contribution in [3.8, 4) is 0 Å². The van der Waals surface area contributed by atoms with Crippen molar-refractivity contribution in [2.75, 3.05) is 26.8 Å². The van der Waals surface area contributed by atoms with E-state index in [2.05, 4.69) is 21.2 Å². The Morgan fingerprint density at radius 2 is 2.11 bits per heavy atom. The summed E-state index contributed by atoms with van der Waals surface area (Å²) >= 11 is 3.07. The number of hydrogen-bond acceptors (Lipinski definition) is 2. The summed E-state index contributed by atoms with van der Waals surface area (Å²) in [5.74, 6) is -0.835. The lowest BCUT2D eigenvalue weighted by atomic mass is 10.00. The van der Waals surface area contributed by atoms with Crippen molar-refractivity contribution < 1.29 is 13.5 Å². The molecule has 18 heavy (non-hydrogen) atoms. The highest BCUT2D eigenvalue weighted by Crippen LogP contribution is 2.23. The van der Waals surface area contributed by atoms with Crippen molar-refractivity contribution in [2.24, 2.45) is 5.92 Å². The van der Waals surface area contributed by atoms with Crippen LogP contribution in [0.25, 0.3) is 0 Å². The molecule has 0 radical (unpaired) electrons. The summed E-state index contributed by atoms with van der Waals surface area (Å²) < 4.78 is 32.5. The molecule has 0 bridgehead atoms. The van der Waals surface area contributed by atoms with Gasteiger partial charge in [-0.15, -0.1) is 0 Å². The Kier molecular flexibility index (Phi) is 6.75. The molecule has 1 aromatic rings. The molecule has 0 saturated carbocycles. The average Bonchev–Trinajstić information content (AvgIpc) is 2.35. The van der Waals surface area contributed by atoms with E-state index >= 15 is 0 Å². The Morgan fingerprint density at radius 3 is 2.78 bits per heavy atom. The van der Waals surface area contributed by atoms with Gasteiger partial charge in [-0.2, -0.15) is 0 Å². The highest BCUT2D eigenvalue weighted by Gasteiger charge is 2.15. The first-order valence-corrected chi connectivity index (χ1v) is 6.67. The molecule has 2 nitrogen and oxygen atoms in total. The molecule has 5 heteroatoms. The van der Waals surface area contributed by atoms with Gasteiger partial charge in [0, 0.05) is 19.2 Å². The topological polar surface area (TPSA) is 21.3 Å². The molecule has 1 rings (SSSR count). The van der Waals surface area contributed by atoms with Gasteiger partial charge in [-0.1, -0.05) is 6.92 Å². The van der Waals surface area contributed by atoms with Crippen molar-refractivity contribution in [1.29, 1.82) is 0 Å². The molecule has 1 atom stereocenters. The molecule has 0 spiro atoms. The quantitative estimate of drug-likeness (QED) is 0.615. The van der Waals surface area contributed by atoms with E-state index in [4.69, 9.17) is 4.74 Å². The molecule has 1 unspecified atom stereocenters. The van der Waals surface area contributed by atoms with Gasteiger partial charge in [-0.25, -0.2) is 8.78 Å². The molecule has 0 heterocycles. The van der Waals surface area contributed by atoms with E-state index in [1.165, 1.54) is 12.1 Å². The maximum atomic E-state index is 13.7. The predicted molar refractivity (Wildman–Crippen MR) is 71.7 cm³/mol. The van der Waals surface area contributed by atoms with E-state index in [1.54, 1.807) is 7.11 Å². The Bertz CT molecular complexity index is 387. The van der Waals surface area contributed by atoms with Crippen LogP contribution in [-0.4, -0.2) is 26.8 Å². The fourth-order valence-electron chi connectivity index (χ4n) is 1.70. The van der Waals surface area contributed by atoms with Gasteiger partial charge in [0.2, 0.25) is 0 Å². The molecular weight excluding hydrogens is 304 g/mol. The van der Waals surface area contributed by atoms with E-state index < -0.39 is 11.6 Å². The minimum Gasteiger partial charge on any atom is -0.383 e. The van der Waals surface area contributed by atoms with E-state index in [9.17, 15) is 8.78 Å². The van der Waals surface area contributed by atoms with Crippen molar-refractivity contribution in [3.63, 3.8) is 0 Å². The number of halogens is 3. The zero-order valence-corrected chi connectivity index (χ0v) is 12.2. The zero-order valence-electron chi connectivity index (χ0n) is 10.6. The lowest BCUT2D eigenvalue weighted by molar-refractivity contribution is 0.198. The minimum absolute atomic E-state index is 0.144. The third-order valence-electron chi connectivity index (χ3n) is 2.67. The Morgan fingerprint density at radius 1 is 1.39 bits per heavy atom. The van der Waals surface area contributed by atoms with E-state index in [-0.39, 0.29) is 11.5 Å². The van der Waals surface area contributed by atoms with Gasteiger partial charge in [0.1, 0.15) is 11.6 Å². The van der Waals surface area contributed by atoms with E-state index in [0.29, 0.717) is 24.0 Å². The van der Waals surface area contributed by atoms with Crippen LogP contribution in [0.2, 0.25) is 0 Å². The minimum atomic E-state index is -0.501. The number of nitrogens with one attached hydrogen (secondary N) is 1. The average molecular weight is 322 g/mol. The largest absolute Gasteiger partial charge is 0.383 e. The summed E-state index contributed by atoms with van der Waals surface area (Å²) in [6.45, 7) is 4.03. The third kappa shape index (κ3) is 4.63. The van der Waals surface area contributed by atoms with Crippen LogP contribution in [0, 0.1) is 17.6 Å². The van der Waals surface area contributed by atoms with Gasteiger partial charge < -0.3 is 10.1 Å². The van der Waals surface area contributed by atoms with Crippen LogP contribution in [0.5, 0.6) is 0 Å². The smallest absolute Gasteiger partial charge is 0.143 e. The van der Waals surface area contributed by atoms with Crippen molar-refractivity contribution in [2.45, 2.75) is 13.3 Å². The van der Waals surface area contributed by atoms with Crippen LogP contribution in [0.15, 0.2) is 16.6 Å². The van der Waals surface area contributed by atoms with Crippen molar-refractivity contribution in [3.05, 3.63) is 33.8 Å². The van der Waals surface area contributed by atoms with Crippen molar-refractivity contribution >= 4 is 15.9 Å². The summed E-state index contributed by atoms with van der Waals surface area (Å²) in [5, 5.41) is 3.18.